The Kier molecular flexibility index (Phi) is 4.23. The predicted molar refractivity (Wildman–Crippen MR) is 59.2 cm³/mol. The summed E-state index contributed by atoms with van der Waals surface area (Å²) in [5, 5.41) is 8.77. The minimum absolute atomic E-state index is 0.441. The smallest absolute Gasteiger partial charge is 0.416 e. The Balaban J connectivity index is 3.66. The molecular formula is C11H8BF3O4. The number of rotatable bonds is 3. The fourth-order valence-corrected chi connectivity index (χ4v) is 1.56. The molecule has 0 unspecified atom stereocenters. The van der Waals surface area contributed by atoms with E-state index in [0.717, 1.165) is 13.2 Å². The molecule has 0 fully saturated rings. The van der Waals surface area contributed by atoms with Crippen molar-refractivity contribution in [3.05, 3.63) is 34.4 Å². The van der Waals surface area contributed by atoms with E-state index in [4.69, 9.17) is 13.0 Å². The predicted octanol–water partition coefficient (Wildman–Crippen LogP) is 1.86. The van der Waals surface area contributed by atoms with E-state index in [9.17, 15) is 22.8 Å². The van der Waals surface area contributed by atoms with E-state index in [1.54, 1.807) is 0 Å². The van der Waals surface area contributed by atoms with Crippen LogP contribution < -0.4 is 0 Å². The second kappa shape index (κ2) is 5.33. The number of carboxylic acid groups (broad SMARTS) is 1. The molecule has 1 rings (SSSR count). The molecule has 0 bridgehead atoms. The molecule has 1 N–H and O–H groups in total. The summed E-state index contributed by atoms with van der Waals surface area (Å²) in [6, 6.07) is 1.25. The molecule has 8 heteroatoms. The van der Waals surface area contributed by atoms with Crippen LogP contribution >= 0.6 is 0 Å². The molecule has 0 atom stereocenters. The Bertz CT molecular complexity index is 525. The van der Waals surface area contributed by atoms with Crippen LogP contribution in [-0.4, -0.2) is 32.0 Å². The Morgan fingerprint density at radius 3 is 2.32 bits per heavy atom. The van der Waals surface area contributed by atoms with Gasteiger partial charge in [-0.15, -0.1) is 0 Å². The Hall–Kier alpha value is -1.99. The van der Waals surface area contributed by atoms with Crippen molar-refractivity contribution in [2.45, 2.75) is 12.5 Å². The highest BCUT2D eigenvalue weighted by atomic mass is 19.4. The summed E-state index contributed by atoms with van der Waals surface area (Å²) < 4.78 is 42.8. The molecule has 0 aromatic heterocycles. The lowest BCUT2D eigenvalue weighted by atomic mass is 9.87. The van der Waals surface area contributed by atoms with Gasteiger partial charge in [0.2, 0.25) is 0 Å². The minimum atomic E-state index is -4.82. The number of alkyl halides is 3. The molecule has 0 amide bonds. The van der Waals surface area contributed by atoms with E-state index >= 15 is 0 Å². The molecule has 1 aromatic carbocycles. The third-order valence-corrected chi connectivity index (χ3v) is 2.41. The fraction of sp³-hybridized carbons (Fsp3) is 0.273. The summed E-state index contributed by atoms with van der Waals surface area (Å²) in [6.45, 7) is 0. The van der Waals surface area contributed by atoms with Gasteiger partial charge in [0.25, 0.3) is 0 Å². The summed E-state index contributed by atoms with van der Waals surface area (Å²) in [5.41, 5.74) is -2.91. The van der Waals surface area contributed by atoms with Gasteiger partial charge in [-0.25, -0.2) is 9.59 Å². The average molecular weight is 272 g/mol. The van der Waals surface area contributed by atoms with Gasteiger partial charge in [-0.2, -0.15) is 13.2 Å². The number of benzene rings is 1. The second-order valence-electron chi connectivity index (χ2n) is 3.55. The molecule has 0 aliphatic rings. The van der Waals surface area contributed by atoms with Crippen LogP contribution in [0.5, 0.6) is 0 Å². The van der Waals surface area contributed by atoms with Gasteiger partial charge in [0.05, 0.1) is 31.6 Å². The van der Waals surface area contributed by atoms with E-state index in [1.165, 1.54) is 0 Å². The van der Waals surface area contributed by atoms with E-state index in [1.807, 2.05) is 0 Å². The maximum absolute atomic E-state index is 12.8. The van der Waals surface area contributed by atoms with E-state index in [-0.39, 0.29) is 0 Å². The molecular weight excluding hydrogens is 264 g/mol. The normalized spacial score (nSPS) is 11.2. The molecule has 0 saturated heterocycles. The van der Waals surface area contributed by atoms with E-state index < -0.39 is 46.7 Å². The van der Waals surface area contributed by atoms with Crippen molar-refractivity contribution in [3.63, 3.8) is 0 Å². The first-order valence-corrected chi connectivity index (χ1v) is 4.98. The molecule has 1 aromatic rings. The number of ether oxygens (including phenoxy) is 1. The van der Waals surface area contributed by atoms with Crippen molar-refractivity contribution >= 4 is 19.8 Å². The monoisotopic (exact) mass is 272 g/mol. The summed E-state index contributed by atoms with van der Waals surface area (Å²) in [4.78, 5) is 22.2. The van der Waals surface area contributed by atoms with Crippen LogP contribution in [-0.2, 0) is 17.2 Å². The Labute approximate surface area is 107 Å². The topological polar surface area (TPSA) is 63.6 Å². The van der Waals surface area contributed by atoms with Crippen LogP contribution in [0.1, 0.15) is 31.8 Å². The van der Waals surface area contributed by atoms with Gasteiger partial charge in [0.15, 0.2) is 0 Å². The molecule has 4 nitrogen and oxygen atoms in total. The van der Waals surface area contributed by atoms with Gasteiger partial charge < -0.3 is 9.84 Å². The van der Waals surface area contributed by atoms with Crippen molar-refractivity contribution in [1.29, 1.82) is 0 Å². The van der Waals surface area contributed by atoms with Crippen molar-refractivity contribution in [2.24, 2.45) is 0 Å². The summed E-state index contributed by atoms with van der Waals surface area (Å²) in [7, 11) is 6.19. The van der Waals surface area contributed by atoms with Gasteiger partial charge in [0.1, 0.15) is 0 Å². The maximum Gasteiger partial charge on any atom is 0.416 e. The van der Waals surface area contributed by atoms with Gasteiger partial charge >= 0.3 is 18.1 Å². The van der Waals surface area contributed by atoms with Crippen LogP contribution in [0.4, 0.5) is 13.2 Å². The molecule has 0 aliphatic carbocycles. The van der Waals surface area contributed by atoms with Gasteiger partial charge in [-0.05, 0) is 17.7 Å². The zero-order chi connectivity index (χ0) is 14.8. The number of esters is 1. The Morgan fingerprint density at radius 2 is 1.95 bits per heavy atom. The van der Waals surface area contributed by atoms with Crippen molar-refractivity contribution in [2.75, 3.05) is 7.11 Å². The Morgan fingerprint density at radius 1 is 1.37 bits per heavy atom. The SMILES string of the molecule is [B]Cc1c(C(=O)OC)cc(C(=O)O)cc1C(F)(F)F. The van der Waals surface area contributed by atoms with Gasteiger partial charge in [-0.3, -0.25) is 0 Å². The van der Waals surface area contributed by atoms with Crippen LogP contribution in [0.2, 0.25) is 0 Å². The quantitative estimate of drug-likeness (QED) is 0.673. The number of halogens is 3. The standard InChI is InChI=1S/C11H8BF3O4/c1-19-10(18)6-2-5(9(16)17)3-8(7(6)4-12)11(13,14)15/h2-3H,4H2,1H3,(H,16,17). The highest BCUT2D eigenvalue weighted by Crippen LogP contribution is 2.34. The lowest BCUT2D eigenvalue weighted by Crippen LogP contribution is -2.17. The van der Waals surface area contributed by atoms with Crippen molar-refractivity contribution < 1.29 is 32.6 Å². The molecule has 2 radical (unpaired) electrons. The number of carbonyl (C=O) groups is 2. The third-order valence-electron chi connectivity index (χ3n) is 2.41. The highest BCUT2D eigenvalue weighted by molar-refractivity contribution is 6.10. The van der Waals surface area contributed by atoms with Crippen LogP contribution in [0.15, 0.2) is 12.1 Å². The van der Waals surface area contributed by atoms with Crippen LogP contribution in [0.3, 0.4) is 0 Å². The maximum atomic E-state index is 12.8. The number of carbonyl (C=O) groups excluding carboxylic acids is 1. The molecule has 0 spiro atoms. The average Bonchev–Trinajstić information content (AvgIpc) is 2.34. The van der Waals surface area contributed by atoms with Crippen LogP contribution in [0.25, 0.3) is 0 Å². The van der Waals surface area contributed by atoms with Gasteiger partial charge in [0, 0.05) is 0 Å². The first-order valence-electron chi connectivity index (χ1n) is 4.98. The second-order valence-corrected chi connectivity index (χ2v) is 3.55. The molecule has 0 aliphatic heterocycles. The first-order chi connectivity index (χ1) is 8.72. The van der Waals surface area contributed by atoms with Crippen LogP contribution in [0, 0.1) is 0 Å². The van der Waals surface area contributed by atoms with Gasteiger partial charge in [-0.1, -0.05) is 6.32 Å². The lowest BCUT2D eigenvalue weighted by molar-refractivity contribution is -0.138. The molecule has 100 valence electrons. The summed E-state index contributed by atoms with van der Waals surface area (Å²) in [5.74, 6) is -2.66. The third kappa shape index (κ3) is 3.07. The fourth-order valence-electron chi connectivity index (χ4n) is 1.56. The summed E-state index contributed by atoms with van der Waals surface area (Å²) in [6.07, 6.45) is -5.39. The first kappa shape index (κ1) is 15.1. The molecule has 19 heavy (non-hydrogen) atoms. The zero-order valence-corrected chi connectivity index (χ0v) is 9.75. The van der Waals surface area contributed by atoms with E-state index in [2.05, 4.69) is 4.74 Å². The van der Waals surface area contributed by atoms with E-state index in [0.29, 0.717) is 6.07 Å². The largest absolute Gasteiger partial charge is 0.478 e. The number of hydrogen-bond donors (Lipinski definition) is 1. The minimum Gasteiger partial charge on any atom is -0.478 e. The lowest BCUT2D eigenvalue weighted by Gasteiger charge is -2.16. The number of hydrogen-bond acceptors (Lipinski definition) is 3. The van der Waals surface area contributed by atoms with Crippen molar-refractivity contribution in [1.82, 2.24) is 0 Å². The number of carboxylic acids is 1. The number of aromatic carboxylic acids is 1. The highest BCUT2D eigenvalue weighted by Gasteiger charge is 2.36. The number of methoxy groups -OCH3 is 1. The molecule has 0 heterocycles. The molecule has 0 saturated carbocycles. The summed E-state index contributed by atoms with van der Waals surface area (Å²) >= 11 is 0. The van der Waals surface area contributed by atoms with Crippen molar-refractivity contribution in [3.8, 4) is 0 Å². The zero-order valence-electron chi connectivity index (χ0n) is 9.75.